The Morgan fingerprint density at radius 3 is 2.26 bits per heavy atom. The number of ether oxygens (including phenoxy) is 1. The zero-order chi connectivity index (χ0) is 14.5. The number of nitrogens with zero attached hydrogens (tertiary/aromatic N) is 3. The molecule has 0 radical (unpaired) electrons. The molecule has 0 amide bonds. The van der Waals surface area contributed by atoms with Crippen LogP contribution in [0.4, 0.5) is 0 Å². The highest BCUT2D eigenvalue weighted by molar-refractivity contribution is 7.89. The van der Waals surface area contributed by atoms with Crippen molar-refractivity contribution in [2.24, 2.45) is 0 Å². The van der Waals surface area contributed by atoms with Crippen LogP contribution in [0.25, 0.3) is 0 Å². The summed E-state index contributed by atoms with van der Waals surface area (Å²) in [5.74, 6) is 0.575. The van der Waals surface area contributed by atoms with Crippen molar-refractivity contribution in [1.29, 1.82) is 10.5 Å². The molecule has 0 heterocycles. The van der Waals surface area contributed by atoms with E-state index in [1.165, 1.54) is 19.2 Å². The molecule has 0 aliphatic carbocycles. The fourth-order valence-electron chi connectivity index (χ4n) is 1.54. The molecule has 6 nitrogen and oxygen atoms in total. The first-order chi connectivity index (χ1) is 8.97. The predicted octanol–water partition coefficient (Wildman–Crippen LogP) is 1.04. The zero-order valence-corrected chi connectivity index (χ0v) is 11.4. The Hall–Kier alpha value is -2.09. The van der Waals surface area contributed by atoms with Gasteiger partial charge in [0.25, 0.3) is 0 Å². The van der Waals surface area contributed by atoms with E-state index in [2.05, 4.69) is 0 Å². The fraction of sp³-hybridized carbons (Fsp3) is 0.333. The van der Waals surface area contributed by atoms with Crippen molar-refractivity contribution in [3.63, 3.8) is 0 Å². The summed E-state index contributed by atoms with van der Waals surface area (Å²) in [7, 11) is -2.35. The summed E-state index contributed by atoms with van der Waals surface area (Å²) in [6, 6.07) is 7.86. The van der Waals surface area contributed by atoms with Crippen LogP contribution in [0.5, 0.6) is 5.75 Å². The van der Waals surface area contributed by atoms with Gasteiger partial charge in [-0.15, -0.1) is 0 Å². The maximum atomic E-state index is 12.2. The summed E-state index contributed by atoms with van der Waals surface area (Å²) < 4.78 is 30.4. The highest BCUT2D eigenvalue weighted by atomic mass is 32.2. The number of methoxy groups -OCH3 is 1. The molecule has 0 fully saturated rings. The van der Waals surface area contributed by atoms with Gasteiger partial charge in [-0.25, -0.2) is 8.42 Å². The van der Waals surface area contributed by atoms with Gasteiger partial charge in [0.05, 0.1) is 24.1 Å². The zero-order valence-electron chi connectivity index (χ0n) is 10.6. The Morgan fingerprint density at radius 1 is 1.26 bits per heavy atom. The lowest BCUT2D eigenvalue weighted by molar-refractivity contribution is 0.411. The smallest absolute Gasteiger partial charge is 0.244 e. The first kappa shape index (κ1) is 15.0. The van der Waals surface area contributed by atoms with Crippen molar-refractivity contribution in [2.75, 3.05) is 20.2 Å². The summed E-state index contributed by atoms with van der Waals surface area (Å²) >= 11 is 0. The Bertz CT molecular complexity index is 625. The van der Waals surface area contributed by atoms with Gasteiger partial charge in [-0.2, -0.15) is 14.8 Å². The van der Waals surface area contributed by atoms with Gasteiger partial charge < -0.3 is 4.74 Å². The monoisotopic (exact) mass is 279 g/mol. The lowest BCUT2D eigenvalue weighted by Gasteiger charge is -2.16. The van der Waals surface area contributed by atoms with E-state index in [-0.39, 0.29) is 18.0 Å². The molecule has 100 valence electrons. The molecular weight excluding hydrogens is 266 g/mol. The van der Waals surface area contributed by atoms with E-state index in [9.17, 15) is 8.42 Å². The largest absolute Gasteiger partial charge is 0.496 e. The van der Waals surface area contributed by atoms with Crippen LogP contribution in [0.15, 0.2) is 23.1 Å². The van der Waals surface area contributed by atoms with Crippen LogP contribution in [0, 0.1) is 29.6 Å². The number of rotatable bonds is 5. The van der Waals surface area contributed by atoms with Gasteiger partial charge in [0.2, 0.25) is 10.0 Å². The molecule has 19 heavy (non-hydrogen) atoms. The summed E-state index contributed by atoms with van der Waals surface area (Å²) in [5, 5.41) is 17.2. The van der Waals surface area contributed by atoms with Crippen LogP contribution in [0.2, 0.25) is 0 Å². The van der Waals surface area contributed by atoms with Crippen molar-refractivity contribution in [3.05, 3.63) is 23.8 Å². The highest BCUT2D eigenvalue weighted by Gasteiger charge is 2.24. The van der Waals surface area contributed by atoms with E-state index < -0.39 is 10.0 Å². The van der Waals surface area contributed by atoms with Gasteiger partial charge >= 0.3 is 0 Å². The number of aryl methyl sites for hydroxylation is 1. The number of sulfonamides is 1. The third-order valence-electron chi connectivity index (χ3n) is 2.50. The number of hydrogen-bond acceptors (Lipinski definition) is 5. The normalized spacial score (nSPS) is 10.8. The van der Waals surface area contributed by atoms with Crippen molar-refractivity contribution in [2.45, 2.75) is 11.8 Å². The SMILES string of the molecule is COc1ccc(S(=O)(=O)N(CC#N)CC#N)cc1C. The van der Waals surface area contributed by atoms with Gasteiger partial charge in [0, 0.05) is 0 Å². The minimum Gasteiger partial charge on any atom is -0.496 e. The third-order valence-corrected chi connectivity index (χ3v) is 4.29. The third kappa shape index (κ3) is 3.22. The van der Waals surface area contributed by atoms with Crippen LogP contribution in [0.1, 0.15) is 5.56 Å². The lowest BCUT2D eigenvalue weighted by atomic mass is 10.2. The molecule has 0 aliphatic rings. The van der Waals surface area contributed by atoms with Crippen molar-refractivity contribution < 1.29 is 13.2 Å². The maximum Gasteiger partial charge on any atom is 0.244 e. The van der Waals surface area contributed by atoms with Gasteiger partial charge in [0.15, 0.2) is 0 Å². The minimum atomic E-state index is -3.84. The maximum absolute atomic E-state index is 12.2. The number of nitriles is 2. The Kier molecular flexibility index (Phi) is 4.87. The molecule has 1 aromatic carbocycles. The first-order valence-electron chi connectivity index (χ1n) is 5.36. The number of benzene rings is 1. The summed E-state index contributed by atoms with van der Waals surface area (Å²) in [4.78, 5) is 0.0382. The molecule has 1 aromatic rings. The Balaban J connectivity index is 3.23. The fourth-order valence-corrected chi connectivity index (χ4v) is 2.86. The van der Waals surface area contributed by atoms with E-state index in [1.807, 2.05) is 0 Å². The molecule has 0 aromatic heterocycles. The summed E-state index contributed by atoms with van der Waals surface area (Å²) in [6.45, 7) is 0.999. The predicted molar refractivity (Wildman–Crippen MR) is 67.7 cm³/mol. The minimum absolute atomic E-state index is 0.0382. The second-order valence-corrected chi connectivity index (χ2v) is 5.66. The topological polar surface area (TPSA) is 94.2 Å². The van der Waals surface area contributed by atoms with Gasteiger partial charge in [-0.1, -0.05) is 0 Å². The van der Waals surface area contributed by atoms with E-state index in [4.69, 9.17) is 15.3 Å². The van der Waals surface area contributed by atoms with Crippen LogP contribution in [-0.2, 0) is 10.0 Å². The summed E-state index contributed by atoms with van der Waals surface area (Å²) in [6.07, 6.45) is 0. The molecule has 0 saturated carbocycles. The van der Waals surface area contributed by atoms with Crippen molar-refractivity contribution in [3.8, 4) is 17.9 Å². The molecule has 0 aliphatic heterocycles. The number of hydrogen-bond donors (Lipinski definition) is 0. The Morgan fingerprint density at radius 2 is 1.84 bits per heavy atom. The van der Waals surface area contributed by atoms with Gasteiger partial charge in [-0.05, 0) is 30.7 Å². The van der Waals surface area contributed by atoms with Crippen LogP contribution in [0.3, 0.4) is 0 Å². The second kappa shape index (κ2) is 6.19. The Labute approximate surface area is 112 Å². The van der Waals surface area contributed by atoms with Gasteiger partial charge in [-0.3, -0.25) is 0 Å². The average Bonchev–Trinajstić information content (AvgIpc) is 2.38. The van der Waals surface area contributed by atoms with E-state index in [1.54, 1.807) is 25.1 Å². The van der Waals surface area contributed by atoms with Gasteiger partial charge in [0.1, 0.15) is 18.8 Å². The molecule has 0 bridgehead atoms. The second-order valence-electron chi connectivity index (χ2n) is 3.72. The van der Waals surface area contributed by atoms with Crippen molar-refractivity contribution >= 4 is 10.0 Å². The molecule has 1 rings (SSSR count). The quantitative estimate of drug-likeness (QED) is 0.751. The van der Waals surface area contributed by atoms with E-state index >= 15 is 0 Å². The van der Waals surface area contributed by atoms with E-state index in [0.29, 0.717) is 11.3 Å². The molecule has 0 unspecified atom stereocenters. The molecular formula is C12H13N3O3S. The molecule has 0 N–H and O–H groups in total. The van der Waals surface area contributed by atoms with Crippen LogP contribution < -0.4 is 4.74 Å². The molecule has 0 spiro atoms. The van der Waals surface area contributed by atoms with Crippen molar-refractivity contribution in [1.82, 2.24) is 4.31 Å². The highest BCUT2D eigenvalue weighted by Crippen LogP contribution is 2.23. The summed E-state index contributed by atoms with van der Waals surface area (Å²) in [5.41, 5.74) is 0.664. The first-order valence-corrected chi connectivity index (χ1v) is 6.80. The van der Waals surface area contributed by atoms with E-state index in [0.717, 1.165) is 4.31 Å². The lowest BCUT2D eigenvalue weighted by Crippen LogP contribution is -2.31. The molecule has 0 saturated heterocycles. The van der Waals surface area contributed by atoms with Crippen LogP contribution >= 0.6 is 0 Å². The molecule has 7 heteroatoms. The standard InChI is InChI=1S/C12H13N3O3S/c1-10-9-11(3-4-12(10)18-2)19(16,17)15(7-5-13)8-6-14/h3-4,9H,7-8H2,1-2H3. The average molecular weight is 279 g/mol. The van der Waals surface area contributed by atoms with Crippen LogP contribution in [-0.4, -0.2) is 32.9 Å². The molecule has 0 atom stereocenters.